The zero-order chi connectivity index (χ0) is 43.5. The van der Waals surface area contributed by atoms with Gasteiger partial charge in [-0.15, -0.1) is 0 Å². The second-order valence-electron chi connectivity index (χ2n) is 15.2. The molecule has 0 saturated heterocycles. The van der Waals surface area contributed by atoms with Gasteiger partial charge in [-0.2, -0.15) is 0 Å². The average Bonchev–Trinajstić information content (AvgIpc) is 3.25. The van der Waals surface area contributed by atoms with Crippen molar-refractivity contribution in [3.8, 4) is 0 Å². The maximum atomic E-state index is 12.7. The molecule has 0 N–H and O–H groups in total. The Morgan fingerprint density at radius 1 is 0.383 bits per heavy atom. The van der Waals surface area contributed by atoms with Gasteiger partial charge in [-0.1, -0.05) is 187 Å². The molecule has 0 radical (unpaired) electrons. The third-order valence-electron chi connectivity index (χ3n) is 9.46. The van der Waals surface area contributed by atoms with Gasteiger partial charge in [0.15, 0.2) is 6.10 Å². The minimum absolute atomic E-state index is 0.0316. The second-order valence-corrected chi connectivity index (χ2v) is 15.2. The van der Waals surface area contributed by atoms with E-state index in [2.05, 4.69) is 136 Å². The molecule has 5 heteroatoms. The molecule has 5 nitrogen and oxygen atoms in total. The lowest BCUT2D eigenvalue weighted by molar-refractivity contribution is -0.162. The molecule has 1 unspecified atom stereocenters. The van der Waals surface area contributed by atoms with Gasteiger partial charge in [0.1, 0.15) is 6.61 Å². The summed E-state index contributed by atoms with van der Waals surface area (Å²) in [5.41, 5.74) is 0. The van der Waals surface area contributed by atoms with Crippen LogP contribution in [0.2, 0.25) is 0 Å². The molecule has 0 fully saturated rings. The zero-order valence-electron chi connectivity index (χ0n) is 38.7. The molecule has 338 valence electrons. The van der Waals surface area contributed by atoms with Crippen molar-refractivity contribution in [1.29, 1.82) is 0 Å². The fourth-order valence-electron chi connectivity index (χ4n) is 5.96. The second kappa shape index (κ2) is 49.7. The highest BCUT2D eigenvalue weighted by Crippen LogP contribution is 2.11. The van der Waals surface area contributed by atoms with Crippen LogP contribution in [0.4, 0.5) is 0 Å². The molecule has 0 aromatic heterocycles. The first-order valence-electron chi connectivity index (χ1n) is 24.1. The maximum absolute atomic E-state index is 12.7. The summed E-state index contributed by atoms with van der Waals surface area (Å²) in [7, 11) is 0. The first-order chi connectivity index (χ1) is 29.6. The Balaban J connectivity index is 4.44. The molecule has 0 bridgehead atoms. The molecule has 0 aliphatic rings. The first kappa shape index (κ1) is 56.3. The number of esters is 2. The van der Waals surface area contributed by atoms with Gasteiger partial charge in [-0.25, -0.2) is 0 Å². The van der Waals surface area contributed by atoms with Crippen LogP contribution in [0.5, 0.6) is 0 Å². The van der Waals surface area contributed by atoms with Crippen LogP contribution in [-0.4, -0.2) is 37.9 Å². The number of ether oxygens (including phenoxy) is 3. The summed E-state index contributed by atoms with van der Waals surface area (Å²) in [4.78, 5) is 25.3. The van der Waals surface area contributed by atoms with Crippen molar-refractivity contribution in [2.45, 2.75) is 194 Å². The summed E-state index contributed by atoms with van der Waals surface area (Å²) in [6.45, 7) is 7.38. The Kier molecular flexibility index (Phi) is 46.6. The molecule has 0 spiro atoms. The van der Waals surface area contributed by atoms with E-state index >= 15 is 0 Å². The number of rotatable bonds is 42. The highest BCUT2D eigenvalue weighted by Gasteiger charge is 2.17. The van der Waals surface area contributed by atoms with E-state index in [-0.39, 0.29) is 31.6 Å². The standard InChI is InChI=1S/C55H88O5/c1-4-7-10-13-16-19-22-25-27-28-29-31-33-36-39-42-45-48-54(56)59-52-53(51-58-50-47-44-41-38-35-32-26-23-20-17-14-11-8-5-2)60-55(57)49-46-43-40-37-34-30-24-21-18-15-12-9-6-3/h7,9-12,14,16,18-21,23,25,27,29-31,34,40,43,53H,4-6,8,13,15,17,22,24,26,28,32-33,35-39,41-42,44-52H2,1-3H3/b10-7-,12-9-,14-11-,19-16-,21-18-,23-20-,27-25-,31-29-,34-30-,43-40-. The van der Waals surface area contributed by atoms with Crippen molar-refractivity contribution in [1.82, 2.24) is 0 Å². The van der Waals surface area contributed by atoms with Crippen molar-refractivity contribution in [3.63, 3.8) is 0 Å². The number of hydrogen-bond acceptors (Lipinski definition) is 5. The topological polar surface area (TPSA) is 61.8 Å². The Hall–Kier alpha value is -3.70. The number of unbranched alkanes of at least 4 members (excludes halogenated alkanes) is 11. The van der Waals surface area contributed by atoms with Crippen molar-refractivity contribution >= 4 is 11.9 Å². The molecule has 0 saturated carbocycles. The summed E-state index contributed by atoms with van der Waals surface area (Å²) < 4.78 is 17.3. The lowest BCUT2D eigenvalue weighted by Crippen LogP contribution is -2.30. The lowest BCUT2D eigenvalue weighted by atomic mass is 10.1. The van der Waals surface area contributed by atoms with E-state index in [9.17, 15) is 9.59 Å². The molecule has 1 atom stereocenters. The van der Waals surface area contributed by atoms with Gasteiger partial charge in [0.05, 0.1) is 6.61 Å². The lowest BCUT2D eigenvalue weighted by Gasteiger charge is -2.18. The van der Waals surface area contributed by atoms with Crippen LogP contribution in [0, 0.1) is 0 Å². The first-order valence-corrected chi connectivity index (χ1v) is 24.1. The molecule has 0 aromatic carbocycles. The minimum Gasteiger partial charge on any atom is -0.462 e. The van der Waals surface area contributed by atoms with Gasteiger partial charge in [0.25, 0.3) is 0 Å². The molecule has 0 aromatic rings. The van der Waals surface area contributed by atoms with Crippen molar-refractivity contribution in [2.75, 3.05) is 19.8 Å². The molecule has 0 rings (SSSR count). The van der Waals surface area contributed by atoms with Crippen molar-refractivity contribution in [2.24, 2.45) is 0 Å². The third kappa shape index (κ3) is 47.0. The molecule has 60 heavy (non-hydrogen) atoms. The third-order valence-corrected chi connectivity index (χ3v) is 9.46. The Labute approximate surface area is 369 Å². The van der Waals surface area contributed by atoms with E-state index in [1.807, 2.05) is 6.08 Å². The summed E-state index contributed by atoms with van der Waals surface area (Å²) in [6.07, 6.45) is 69.3. The molecule has 0 heterocycles. The average molecular weight is 829 g/mol. The quantitative estimate of drug-likeness (QED) is 0.0348. The smallest absolute Gasteiger partial charge is 0.306 e. The SMILES string of the molecule is CC/C=C\C/C=C\C/C=C\C/C=C\CCCCCCC(=O)OCC(COCCCCCCCC/C=C\C/C=C\CCC)OC(=O)CC/C=C\C/C=C\C/C=C\C/C=C\CC. The van der Waals surface area contributed by atoms with Crippen LogP contribution in [0.3, 0.4) is 0 Å². The van der Waals surface area contributed by atoms with Gasteiger partial charge in [-0.05, 0) is 109 Å². The minimum atomic E-state index is -0.597. The van der Waals surface area contributed by atoms with Gasteiger partial charge in [0, 0.05) is 19.4 Å². The van der Waals surface area contributed by atoms with Crippen LogP contribution in [0.25, 0.3) is 0 Å². The fourth-order valence-corrected chi connectivity index (χ4v) is 5.96. The van der Waals surface area contributed by atoms with E-state index < -0.39 is 6.10 Å². The maximum Gasteiger partial charge on any atom is 0.306 e. The largest absolute Gasteiger partial charge is 0.462 e. The van der Waals surface area contributed by atoms with E-state index in [1.165, 1.54) is 38.5 Å². The van der Waals surface area contributed by atoms with Crippen LogP contribution < -0.4 is 0 Å². The molecular formula is C55H88O5. The van der Waals surface area contributed by atoms with Gasteiger partial charge in [0.2, 0.25) is 0 Å². The van der Waals surface area contributed by atoms with Gasteiger partial charge >= 0.3 is 11.9 Å². The summed E-state index contributed by atoms with van der Waals surface area (Å²) in [5, 5.41) is 0. The van der Waals surface area contributed by atoms with E-state index in [0.717, 1.165) is 109 Å². The van der Waals surface area contributed by atoms with Crippen LogP contribution in [0.1, 0.15) is 188 Å². The Morgan fingerprint density at radius 2 is 0.783 bits per heavy atom. The number of carbonyl (C=O) groups excluding carboxylic acids is 2. The van der Waals surface area contributed by atoms with Crippen LogP contribution in [-0.2, 0) is 23.8 Å². The monoisotopic (exact) mass is 829 g/mol. The fraction of sp³-hybridized carbons (Fsp3) is 0.600. The van der Waals surface area contributed by atoms with E-state index in [4.69, 9.17) is 14.2 Å². The molecule has 0 aliphatic carbocycles. The summed E-state index contributed by atoms with van der Waals surface area (Å²) in [6, 6.07) is 0. The van der Waals surface area contributed by atoms with E-state index in [0.29, 0.717) is 19.4 Å². The number of carbonyl (C=O) groups is 2. The predicted octanol–water partition coefficient (Wildman–Crippen LogP) is 16.2. The van der Waals surface area contributed by atoms with Crippen molar-refractivity contribution in [3.05, 3.63) is 122 Å². The van der Waals surface area contributed by atoms with Crippen LogP contribution in [0.15, 0.2) is 122 Å². The number of hydrogen-bond donors (Lipinski definition) is 0. The van der Waals surface area contributed by atoms with Gasteiger partial charge in [-0.3, -0.25) is 9.59 Å². The normalized spacial score (nSPS) is 13.3. The molecule has 0 aliphatic heterocycles. The summed E-state index contributed by atoms with van der Waals surface area (Å²) in [5.74, 6) is -0.535. The Morgan fingerprint density at radius 3 is 1.27 bits per heavy atom. The Bertz CT molecular complexity index is 1260. The zero-order valence-corrected chi connectivity index (χ0v) is 38.7. The number of allylic oxidation sites excluding steroid dienone is 20. The summed E-state index contributed by atoms with van der Waals surface area (Å²) >= 11 is 0. The molecule has 0 amide bonds. The van der Waals surface area contributed by atoms with Crippen molar-refractivity contribution < 1.29 is 23.8 Å². The highest BCUT2D eigenvalue weighted by atomic mass is 16.6. The predicted molar refractivity (Wildman–Crippen MR) is 260 cm³/mol. The van der Waals surface area contributed by atoms with Gasteiger partial charge < -0.3 is 14.2 Å². The highest BCUT2D eigenvalue weighted by molar-refractivity contribution is 5.70. The van der Waals surface area contributed by atoms with Crippen LogP contribution >= 0.6 is 0 Å². The molecular weight excluding hydrogens is 741 g/mol. The van der Waals surface area contributed by atoms with E-state index in [1.54, 1.807) is 0 Å².